The SMILES string of the molecule is NC1CCCc2cc(F)c(Cl)c(Cl)c21. The topological polar surface area (TPSA) is 26.0 Å². The molecule has 1 aliphatic rings. The molecule has 2 rings (SSSR count). The van der Waals surface area contributed by atoms with E-state index in [2.05, 4.69) is 0 Å². The van der Waals surface area contributed by atoms with Gasteiger partial charge in [-0.15, -0.1) is 0 Å². The van der Waals surface area contributed by atoms with E-state index in [4.69, 9.17) is 28.9 Å². The molecule has 1 aromatic carbocycles. The number of aryl methyl sites for hydroxylation is 1. The Balaban J connectivity index is 2.64. The molecule has 1 atom stereocenters. The molecule has 1 unspecified atom stereocenters. The molecule has 0 aromatic heterocycles. The fourth-order valence-corrected chi connectivity index (χ4v) is 2.43. The zero-order valence-electron chi connectivity index (χ0n) is 7.49. The van der Waals surface area contributed by atoms with Crippen LogP contribution in [0.3, 0.4) is 0 Å². The van der Waals surface area contributed by atoms with Crippen LogP contribution in [0.4, 0.5) is 4.39 Å². The Morgan fingerprint density at radius 3 is 2.79 bits per heavy atom. The van der Waals surface area contributed by atoms with Crippen molar-refractivity contribution in [3.63, 3.8) is 0 Å². The normalized spacial score (nSPS) is 20.7. The molecule has 2 N–H and O–H groups in total. The molecule has 0 spiro atoms. The van der Waals surface area contributed by atoms with Crippen molar-refractivity contribution >= 4 is 23.2 Å². The Morgan fingerprint density at radius 2 is 2.07 bits per heavy atom. The average molecular weight is 234 g/mol. The van der Waals surface area contributed by atoms with E-state index in [1.54, 1.807) is 0 Å². The van der Waals surface area contributed by atoms with E-state index in [0.29, 0.717) is 0 Å². The van der Waals surface area contributed by atoms with Crippen LogP contribution >= 0.6 is 23.2 Å². The Morgan fingerprint density at radius 1 is 1.36 bits per heavy atom. The van der Waals surface area contributed by atoms with Crippen LogP contribution in [0, 0.1) is 5.82 Å². The molecule has 0 radical (unpaired) electrons. The van der Waals surface area contributed by atoms with Crippen molar-refractivity contribution in [3.05, 3.63) is 33.1 Å². The molecule has 0 amide bonds. The van der Waals surface area contributed by atoms with Gasteiger partial charge in [-0.25, -0.2) is 4.39 Å². The smallest absolute Gasteiger partial charge is 0.143 e. The minimum atomic E-state index is -0.454. The van der Waals surface area contributed by atoms with Crippen LogP contribution < -0.4 is 5.73 Å². The molecule has 0 bridgehead atoms. The Labute approximate surface area is 92.0 Å². The molecule has 0 fully saturated rings. The summed E-state index contributed by atoms with van der Waals surface area (Å²) in [5.74, 6) is -0.454. The Bertz CT molecular complexity index is 379. The predicted molar refractivity (Wildman–Crippen MR) is 56.3 cm³/mol. The first-order chi connectivity index (χ1) is 6.61. The monoisotopic (exact) mass is 233 g/mol. The van der Waals surface area contributed by atoms with Crippen molar-refractivity contribution < 1.29 is 4.39 Å². The van der Waals surface area contributed by atoms with Crippen molar-refractivity contribution in [2.45, 2.75) is 25.3 Å². The first-order valence-corrected chi connectivity index (χ1v) is 5.28. The maximum absolute atomic E-state index is 13.2. The number of hydrogen-bond donors (Lipinski definition) is 1. The first-order valence-electron chi connectivity index (χ1n) is 4.53. The molecule has 0 saturated heterocycles. The largest absolute Gasteiger partial charge is 0.324 e. The van der Waals surface area contributed by atoms with E-state index in [0.717, 1.165) is 30.4 Å². The van der Waals surface area contributed by atoms with E-state index in [9.17, 15) is 4.39 Å². The third-order valence-electron chi connectivity index (χ3n) is 2.62. The standard InChI is InChI=1S/C10H10Cl2FN/c11-9-6(13)4-5-2-1-3-7(14)8(5)10(9)12/h4,7H,1-3,14H2. The second-order valence-electron chi connectivity index (χ2n) is 3.56. The molecular formula is C10H10Cl2FN. The second-order valence-corrected chi connectivity index (χ2v) is 4.31. The summed E-state index contributed by atoms with van der Waals surface area (Å²) in [6.07, 6.45) is 2.69. The summed E-state index contributed by atoms with van der Waals surface area (Å²) >= 11 is 11.7. The number of nitrogens with two attached hydrogens (primary N) is 1. The maximum atomic E-state index is 13.2. The van der Waals surface area contributed by atoms with Gasteiger partial charge >= 0.3 is 0 Å². The Kier molecular flexibility index (Phi) is 2.69. The zero-order valence-corrected chi connectivity index (χ0v) is 9.00. The van der Waals surface area contributed by atoms with Crippen molar-refractivity contribution in [3.8, 4) is 0 Å². The average Bonchev–Trinajstić information content (AvgIpc) is 2.14. The summed E-state index contributed by atoms with van der Waals surface area (Å²) in [5.41, 5.74) is 7.62. The maximum Gasteiger partial charge on any atom is 0.143 e. The number of rotatable bonds is 0. The molecule has 0 aliphatic heterocycles. The highest BCUT2D eigenvalue weighted by Gasteiger charge is 2.23. The first kappa shape index (κ1) is 10.2. The fourth-order valence-electron chi connectivity index (χ4n) is 1.92. The molecule has 1 aromatic rings. The van der Waals surface area contributed by atoms with Gasteiger partial charge in [-0.3, -0.25) is 0 Å². The van der Waals surface area contributed by atoms with Gasteiger partial charge in [-0.1, -0.05) is 23.2 Å². The lowest BCUT2D eigenvalue weighted by Crippen LogP contribution is -2.18. The van der Waals surface area contributed by atoms with Gasteiger partial charge in [0.2, 0.25) is 0 Å². The lowest BCUT2D eigenvalue weighted by atomic mass is 9.88. The lowest BCUT2D eigenvalue weighted by molar-refractivity contribution is 0.560. The van der Waals surface area contributed by atoms with Gasteiger partial charge in [-0.2, -0.15) is 0 Å². The van der Waals surface area contributed by atoms with E-state index in [-0.39, 0.29) is 16.1 Å². The summed E-state index contributed by atoms with van der Waals surface area (Å²) in [6.45, 7) is 0. The molecule has 0 saturated carbocycles. The summed E-state index contributed by atoms with van der Waals surface area (Å²) in [6, 6.07) is 1.34. The van der Waals surface area contributed by atoms with Gasteiger partial charge in [0.1, 0.15) is 5.82 Å². The number of halogens is 3. The molecule has 14 heavy (non-hydrogen) atoms. The van der Waals surface area contributed by atoms with Gasteiger partial charge in [-0.05, 0) is 36.5 Å². The van der Waals surface area contributed by atoms with Gasteiger partial charge in [0.05, 0.1) is 10.0 Å². The lowest BCUT2D eigenvalue weighted by Gasteiger charge is -2.24. The second kappa shape index (κ2) is 3.69. The summed E-state index contributed by atoms with van der Waals surface area (Å²) < 4.78 is 13.2. The van der Waals surface area contributed by atoms with E-state index in [1.165, 1.54) is 6.07 Å². The van der Waals surface area contributed by atoms with E-state index < -0.39 is 5.82 Å². The van der Waals surface area contributed by atoms with Crippen LogP contribution in [-0.4, -0.2) is 0 Å². The van der Waals surface area contributed by atoms with Crippen LogP contribution in [-0.2, 0) is 6.42 Å². The highest BCUT2D eigenvalue weighted by atomic mass is 35.5. The number of hydrogen-bond acceptors (Lipinski definition) is 1. The number of benzene rings is 1. The summed E-state index contributed by atoms with van der Waals surface area (Å²) in [4.78, 5) is 0. The minimum Gasteiger partial charge on any atom is -0.324 e. The third kappa shape index (κ3) is 1.52. The van der Waals surface area contributed by atoms with Crippen LogP contribution in [0.2, 0.25) is 10.0 Å². The fraction of sp³-hybridized carbons (Fsp3) is 0.400. The molecular weight excluding hydrogens is 224 g/mol. The van der Waals surface area contributed by atoms with Crippen molar-refractivity contribution in [2.24, 2.45) is 5.73 Å². The van der Waals surface area contributed by atoms with Crippen molar-refractivity contribution in [2.75, 3.05) is 0 Å². The molecule has 1 aliphatic carbocycles. The highest BCUT2D eigenvalue weighted by molar-refractivity contribution is 6.42. The Hall–Kier alpha value is -0.310. The van der Waals surface area contributed by atoms with Gasteiger partial charge in [0.15, 0.2) is 0 Å². The predicted octanol–water partition coefficient (Wildman–Crippen LogP) is 3.47. The highest BCUT2D eigenvalue weighted by Crippen LogP contribution is 2.38. The van der Waals surface area contributed by atoms with Crippen LogP contribution in [0.5, 0.6) is 0 Å². The minimum absolute atomic E-state index is 0.0113. The molecule has 76 valence electrons. The van der Waals surface area contributed by atoms with Crippen molar-refractivity contribution in [1.82, 2.24) is 0 Å². The zero-order chi connectivity index (χ0) is 10.3. The summed E-state index contributed by atoms with van der Waals surface area (Å²) in [7, 11) is 0. The summed E-state index contributed by atoms with van der Waals surface area (Å²) in [5, 5.41) is 0.275. The van der Waals surface area contributed by atoms with Gasteiger partial charge in [0, 0.05) is 6.04 Å². The number of fused-ring (bicyclic) bond motifs is 1. The molecule has 1 nitrogen and oxygen atoms in total. The molecule has 4 heteroatoms. The van der Waals surface area contributed by atoms with Crippen molar-refractivity contribution in [1.29, 1.82) is 0 Å². The van der Waals surface area contributed by atoms with Gasteiger partial charge < -0.3 is 5.73 Å². The third-order valence-corrected chi connectivity index (χ3v) is 3.48. The van der Waals surface area contributed by atoms with Crippen LogP contribution in [0.25, 0.3) is 0 Å². The quantitative estimate of drug-likeness (QED) is 0.683. The van der Waals surface area contributed by atoms with Crippen LogP contribution in [0.15, 0.2) is 6.07 Å². The molecule has 0 heterocycles. The van der Waals surface area contributed by atoms with E-state index >= 15 is 0 Å². The van der Waals surface area contributed by atoms with E-state index in [1.807, 2.05) is 0 Å². The van der Waals surface area contributed by atoms with Gasteiger partial charge in [0.25, 0.3) is 0 Å². The van der Waals surface area contributed by atoms with Crippen LogP contribution in [0.1, 0.15) is 30.0 Å².